The third-order valence-corrected chi connectivity index (χ3v) is 8.63. The number of aromatic nitrogens is 5. The Morgan fingerprint density at radius 2 is 1.09 bits per heavy atom. The van der Waals surface area contributed by atoms with Crippen LogP contribution in [-0.2, 0) is 6.42 Å². The van der Waals surface area contributed by atoms with E-state index in [0.717, 1.165) is 45.5 Å². The van der Waals surface area contributed by atoms with Crippen LogP contribution in [0.1, 0.15) is 11.3 Å². The summed E-state index contributed by atoms with van der Waals surface area (Å²) >= 11 is 0. The first-order chi connectivity index (χ1) is 22.3. The summed E-state index contributed by atoms with van der Waals surface area (Å²) in [5, 5.41) is 3.59. The van der Waals surface area contributed by atoms with Crippen LogP contribution < -0.4 is 0 Å². The summed E-state index contributed by atoms with van der Waals surface area (Å²) in [6, 6.07) is 44.2. The third kappa shape index (κ3) is 4.05. The third-order valence-electron chi connectivity index (χ3n) is 8.63. The summed E-state index contributed by atoms with van der Waals surface area (Å²) < 4.78 is 4.65. The Bertz CT molecular complexity index is 2370. The summed E-state index contributed by atoms with van der Waals surface area (Å²) in [4.78, 5) is 15.4. The summed E-state index contributed by atoms with van der Waals surface area (Å²) in [6.07, 6.45) is 9.46. The quantitative estimate of drug-likeness (QED) is 0.209. The van der Waals surface area contributed by atoms with Crippen LogP contribution in [0.5, 0.6) is 0 Å². The molecule has 5 heteroatoms. The monoisotopic (exact) mass is 577 g/mol. The molecule has 0 radical (unpaired) electrons. The van der Waals surface area contributed by atoms with Gasteiger partial charge in [0.15, 0.2) is 11.6 Å². The second-order valence-electron chi connectivity index (χ2n) is 11.3. The van der Waals surface area contributed by atoms with E-state index in [1.165, 1.54) is 21.7 Å². The fraction of sp³-hybridized carbons (Fsp3) is 0.0250. The topological polar surface area (TPSA) is 48.5 Å². The number of rotatable bonds is 4. The molecule has 0 fully saturated rings. The highest BCUT2D eigenvalue weighted by Crippen LogP contribution is 2.41. The van der Waals surface area contributed by atoms with Crippen LogP contribution in [0.3, 0.4) is 0 Å². The van der Waals surface area contributed by atoms with Crippen LogP contribution in [0, 0.1) is 0 Å². The molecule has 5 aromatic carbocycles. The molecule has 0 N–H and O–H groups in total. The van der Waals surface area contributed by atoms with E-state index in [2.05, 4.69) is 124 Å². The molecule has 0 amide bonds. The first-order valence-electron chi connectivity index (χ1n) is 15.2. The van der Waals surface area contributed by atoms with Crippen molar-refractivity contribution in [1.29, 1.82) is 0 Å². The fourth-order valence-corrected chi connectivity index (χ4v) is 6.65. The molecule has 45 heavy (non-hydrogen) atoms. The van der Waals surface area contributed by atoms with E-state index in [0.29, 0.717) is 17.6 Å². The van der Waals surface area contributed by atoms with Crippen LogP contribution >= 0.6 is 0 Å². The van der Waals surface area contributed by atoms with E-state index < -0.39 is 0 Å². The first-order valence-corrected chi connectivity index (χ1v) is 15.2. The van der Waals surface area contributed by atoms with Gasteiger partial charge in [-0.25, -0.2) is 4.98 Å². The van der Waals surface area contributed by atoms with E-state index in [4.69, 9.17) is 15.0 Å². The first kappa shape index (κ1) is 25.4. The molecule has 0 spiro atoms. The number of para-hydroxylation sites is 2. The molecule has 5 nitrogen and oxygen atoms in total. The largest absolute Gasteiger partial charge is 0.307 e. The zero-order valence-electron chi connectivity index (χ0n) is 24.4. The number of fused-ring (bicyclic) bond motifs is 7. The minimum absolute atomic E-state index is 0.595. The summed E-state index contributed by atoms with van der Waals surface area (Å²) in [6.45, 7) is 0. The van der Waals surface area contributed by atoms with Gasteiger partial charge in [-0.05, 0) is 36.3 Å². The van der Waals surface area contributed by atoms with E-state index in [1.807, 2.05) is 36.4 Å². The van der Waals surface area contributed by atoms with Crippen molar-refractivity contribution in [1.82, 2.24) is 24.1 Å². The Labute approximate surface area is 260 Å². The van der Waals surface area contributed by atoms with E-state index in [-0.39, 0.29) is 0 Å². The van der Waals surface area contributed by atoms with Crippen molar-refractivity contribution in [2.24, 2.45) is 0 Å². The maximum atomic E-state index is 5.20. The second-order valence-corrected chi connectivity index (χ2v) is 11.3. The van der Waals surface area contributed by atoms with Gasteiger partial charge in [0.05, 0.1) is 22.2 Å². The highest BCUT2D eigenvalue weighted by atomic mass is 15.2. The Morgan fingerprint density at radius 1 is 0.489 bits per heavy atom. The van der Waals surface area contributed by atoms with Gasteiger partial charge in [-0.1, -0.05) is 127 Å². The molecule has 9 rings (SSSR count). The van der Waals surface area contributed by atoms with Gasteiger partial charge in [-0.15, -0.1) is 0 Å². The van der Waals surface area contributed by atoms with Gasteiger partial charge in [-0.3, -0.25) is 4.57 Å². The van der Waals surface area contributed by atoms with Gasteiger partial charge in [0.1, 0.15) is 0 Å². The minimum atomic E-state index is 0.595. The maximum absolute atomic E-state index is 5.20. The van der Waals surface area contributed by atoms with Gasteiger partial charge in [0.25, 0.3) is 0 Å². The molecule has 0 aliphatic heterocycles. The van der Waals surface area contributed by atoms with E-state index in [1.54, 1.807) is 0 Å². The molecule has 212 valence electrons. The van der Waals surface area contributed by atoms with Crippen LogP contribution in [0.2, 0.25) is 0 Å². The smallest absolute Gasteiger partial charge is 0.238 e. The Kier molecular flexibility index (Phi) is 5.81. The maximum Gasteiger partial charge on any atom is 0.238 e. The predicted octanol–water partition coefficient (Wildman–Crippen LogP) is 9.37. The molecule has 3 heterocycles. The molecule has 0 atom stereocenters. The summed E-state index contributed by atoms with van der Waals surface area (Å²) in [5.41, 5.74) is 8.72. The molecule has 0 saturated carbocycles. The lowest BCUT2D eigenvalue weighted by Gasteiger charge is -2.14. The van der Waals surface area contributed by atoms with E-state index >= 15 is 0 Å². The lowest BCUT2D eigenvalue weighted by atomic mass is 10.1. The molecule has 3 aromatic heterocycles. The van der Waals surface area contributed by atoms with Gasteiger partial charge in [0.2, 0.25) is 5.95 Å². The van der Waals surface area contributed by atoms with Crippen LogP contribution in [0.4, 0.5) is 0 Å². The number of hydrogen-bond acceptors (Lipinski definition) is 3. The van der Waals surface area contributed by atoms with Crippen molar-refractivity contribution in [3.63, 3.8) is 0 Å². The van der Waals surface area contributed by atoms with Crippen molar-refractivity contribution < 1.29 is 0 Å². The van der Waals surface area contributed by atoms with Crippen LogP contribution in [-0.4, -0.2) is 24.1 Å². The number of allylic oxidation sites excluding steroid dienone is 3. The van der Waals surface area contributed by atoms with Crippen molar-refractivity contribution >= 4 is 38.8 Å². The normalized spacial score (nSPS) is 12.6. The zero-order valence-corrected chi connectivity index (χ0v) is 24.4. The lowest BCUT2D eigenvalue weighted by Crippen LogP contribution is -2.08. The molecule has 1 aliphatic carbocycles. The van der Waals surface area contributed by atoms with Gasteiger partial charge >= 0.3 is 0 Å². The Morgan fingerprint density at radius 3 is 1.80 bits per heavy atom. The average molecular weight is 578 g/mol. The number of benzene rings is 5. The lowest BCUT2D eigenvalue weighted by molar-refractivity contribution is 0.922. The van der Waals surface area contributed by atoms with Gasteiger partial charge in [0, 0.05) is 33.0 Å². The van der Waals surface area contributed by atoms with Crippen molar-refractivity contribution in [2.45, 2.75) is 6.42 Å². The standard InChI is InChI=1S/C40H27N5/c1-5-15-27(16-6-1)38-41-39(28-17-7-2-8-18-28)43-40(42-38)45-35-23-12-4-11-21-31(35)33-26-25-32-30-22-13-14-24-34(30)44(36(32)37(33)45)29-19-9-3-10-20-29/h1-20,22-26H,21H2. The summed E-state index contributed by atoms with van der Waals surface area (Å²) in [5.74, 6) is 1.88. The second kappa shape index (κ2) is 10.3. The Balaban J connectivity index is 1.47. The summed E-state index contributed by atoms with van der Waals surface area (Å²) in [7, 11) is 0. The fourth-order valence-electron chi connectivity index (χ4n) is 6.65. The van der Waals surface area contributed by atoms with Crippen LogP contribution in [0.25, 0.3) is 73.2 Å². The SMILES string of the molecule is C1=CCc2c(n(-c3nc(-c4ccccc4)nc(-c4ccccc4)n3)c3c2ccc2c4ccccc4n(-c4ccccc4)c23)C=C1. The highest BCUT2D eigenvalue weighted by molar-refractivity contribution is 6.19. The molecule has 1 aliphatic rings. The molecule has 8 aromatic rings. The minimum Gasteiger partial charge on any atom is -0.307 e. The predicted molar refractivity (Wildman–Crippen MR) is 184 cm³/mol. The van der Waals surface area contributed by atoms with Crippen LogP contribution in [0.15, 0.2) is 146 Å². The molecular weight excluding hydrogens is 550 g/mol. The molecule has 0 unspecified atom stereocenters. The number of hydrogen-bond donors (Lipinski definition) is 0. The molecule has 0 bridgehead atoms. The molecule has 0 saturated heterocycles. The average Bonchev–Trinajstić information content (AvgIpc) is 3.50. The van der Waals surface area contributed by atoms with Gasteiger partial charge < -0.3 is 4.57 Å². The van der Waals surface area contributed by atoms with Crippen molar-refractivity contribution in [3.05, 3.63) is 157 Å². The van der Waals surface area contributed by atoms with Gasteiger partial charge in [-0.2, -0.15) is 9.97 Å². The molecular formula is C40H27N5. The number of nitrogens with zero attached hydrogens (tertiary/aromatic N) is 5. The van der Waals surface area contributed by atoms with E-state index in [9.17, 15) is 0 Å². The van der Waals surface area contributed by atoms with Crippen molar-refractivity contribution in [3.8, 4) is 34.4 Å². The van der Waals surface area contributed by atoms with Crippen molar-refractivity contribution in [2.75, 3.05) is 0 Å². The Hall–Kier alpha value is -6.07. The zero-order chi connectivity index (χ0) is 29.7. The highest BCUT2D eigenvalue weighted by Gasteiger charge is 2.25.